The summed E-state index contributed by atoms with van der Waals surface area (Å²) in [5.74, 6) is 0.392. The molecule has 116 valence electrons. The SMILES string of the molecule is Cl.O=C(NC1C2CNCC21)c1ccc(OC(F)(F)F)cc1. The summed E-state index contributed by atoms with van der Waals surface area (Å²) in [6.45, 7) is 1.82. The number of hydrogen-bond acceptors (Lipinski definition) is 3. The van der Waals surface area contributed by atoms with Crippen LogP contribution < -0.4 is 15.4 Å². The molecule has 2 atom stereocenters. The molecule has 1 aliphatic heterocycles. The highest BCUT2D eigenvalue weighted by Crippen LogP contribution is 2.41. The Labute approximate surface area is 125 Å². The van der Waals surface area contributed by atoms with Crippen molar-refractivity contribution in [1.29, 1.82) is 0 Å². The van der Waals surface area contributed by atoms with E-state index in [1.165, 1.54) is 12.1 Å². The van der Waals surface area contributed by atoms with Crippen LogP contribution in [0.15, 0.2) is 24.3 Å². The Morgan fingerprint density at radius 3 is 2.29 bits per heavy atom. The molecule has 0 spiro atoms. The van der Waals surface area contributed by atoms with Crippen molar-refractivity contribution in [3.8, 4) is 5.75 Å². The standard InChI is InChI=1S/C13H13F3N2O2.ClH/c14-13(15,16)20-8-3-1-7(2-4-8)12(19)18-11-9-5-17-6-10(9)11;/h1-4,9-11,17H,5-6H2,(H,18,19);1H. The van der Waals surface area contributed by atoms with Crippen LogP contribution >= 0.6 is 12.4 Å². The molecule has 1 aromatic carbocycles. The van der Waals surface area contributed by atoms with E-state index in [0.717, 1.165) is 25.2 Å². The number of nitrogens with one attached hydrogen (secondary N) is 2. The van der Waals surface area contributed by atoms with Gasteiger partial charge in [0, 0.05) is 24.7 Å². The van der Waals surface area contributed by atoms with Crippen LogP contribution in [0.3, 0.4) is 0 Å². The smallest absolute Gasteiger partial charge is 0.406 e. The molecule has 0 aromatic heterocycles. The molecule has 21 heavy (non-hydrogen) atoms. The van der Waals surface area contributed by atoms with Crippen molar-refractivity contribution in [3.63, 3.8) is 0 Å². The number of alkyl halides is 3. The molecule has 8 heteroatoms. The zero-order chi connectivity index (χ0) is 14.3. The highest BCUT2D eigenvalue weighted by molar-refractivity contribution is 5.94. The summed E-state index contributed by atoms with van der Waals surface area (Å²) in [4.78, 5) is 11.9. The van der Waals surface area contributed by atoms with Crippen molar-refractivity contribution in [2.75, 3.05) is 13.1 Å². The summed E-state index contributed by atoms with van der Waals surface area (Å²) in [5.41, 5.74) is 0.331. The van der Waals surface area contributed by atoms with Crippen LogP contribution in [0.1, 0.15) is 10.4 Å². The number of piperidine rings is 1. The number of benzene rings is 1. The second-order valence-corrected chi connectivity index (χ2v) is 5.06. The minimum atomic E-state index is -4.72. The molecule has 1 saturated carbocycles. The van der Waals surface area contributed by atoms with E-state index in [1.807, 2.05) is 0 Å². The molecule has 2 N–H and O–H groups in total. The third-order valence-electron chi connectivity index (χ3n) is 3.74. The topological polar surface area (TPSA) is 50.4 Å². The molecule has 2 aliphatic rings. The Morgan fingerprint density at radius 1 is 1.19 bits per heavy atom. The molecular weight excluding hydrogens is 309 g/mol. The Bertz CT molecular complexity index is 511. The molecular formula is C13H14ClF3N2O2. The Morgan fingerprint density at radius 2 is 1.76 bits per heavy atom. The second-order valence-electron chi connectivity index (χ2n) is 5.06. The fourth-order valence-electron chi connectivity index (χ4n) is 2.68. The van der Waals surface area contributed by atoms with E-state index >= 15 is 0 Å². The summed E-state index contributed by atoms with van der Waals surface area (Å²) >= 11 is 0. The van der Waals surface area contributed by atoms with Gasteiger partial charge in [-0.25, -0.2) is 0 Å². The van der Waals surface area contributed by atoms with Crippen LogP contribution in [0.2, 0.25) is 0 Å². The molecule has 0 bridgehead atoms. The minimum Gasteiger partial charge on any atom is -0.406 e. The van der Waals surface area contributed by atoms with Crippen molar-refractivity contribution in [2.24, 2.45) is 11.8 Å². The van der Waals surface area contributed by atoms with Crippen LogP contribution in [-0.2, 0) is 0 Å². The number of halogens is 4. The van der Waals surface area contributed by atoms with Gasteiger partial charge in [-0.2, -0.15) is 0 Å². The molecule has 1 aromatic rings. The molecule has 2 unspecified atom stereocenters. The fraction of sp³-hybridized carbons (Fsp3) is 0.462. The number of carbonyl (C=O) groups is 1. The average molecular weight is 323 g/mol. The molecule has 3 rings (SSSR count). The summed E-state index contributed by atoms with van der Waals surface area (Å²) in [6, 6.07) is 5.12. The number of carbonyl (C=O) groups excluding carboxylic acids is 1. The maximum atomic E-state index is 12.0. The molecule has 0 radical (unpaired) electrons. The van der Waals surface area contributed by atoms with Crippen LogP contribution in [0.5, 0.6) is 5.75 Å². The summed E-state index contributed by atoms with van der Waals surface area (Å²) in [7, 11) is 0. The number of fused-ring (bicyclic) bond motifs is 1. The van der Waals surface area contributed by atoms with Gasteiger partial charge in [0.2, 0.25) is 0 Å². The predicted octanol–water partition coefficient (Wildman–Crippen LogP) is 1.95. The van der Waals surface area contributed by atoms with E-state index in [-0.39, 0.29) is 30.1 Å². The Hall–Kier alpha value is -1.47. The first-order valence-corrected chi connectivity index (χ1v) is 6.31. The van der Waals surface area contributed by atoms with Gasteiger partial charge in [0.1, 0.15) is 5.75 Å². The highest BCUT2D eigenvalue weighted by Gasteiger charge is 2.53. The quantitative estimate of drug-likeness (QED) is 0.894. The number of amides is 1. The maximum absolute atomic E-state index is 12.0. The van der Waals surface area contributed by atoms with Gasteiger partial charge in [-0.05, 0) is 36.1 Å². The van der Waals surface area contributed by atoms with Gasteiger partial charge in [-0.3, -0.25) is 4.79 Å². The lowest BCUT2D eigenvalue weighted by molar-refractivity contribution is -0.274. The van der Waals surface area contributed by atoms with Crippen LogP contribution in [0.4, 0.5) is 13.2 Å². The van der Waals surface area contributed by atoms with Gasteiger partial charge in [-0.15, -0.1) is 25.6 Å². The van der Waals surface area contributed by atoms with Crippen molar-refractivity contribution < 1.29 is 22.7 Å². The fourth-order valence-corrected chi connectivity index (χ4v) is 2.68. The third-order valence-corrected chi connectivity index (χ3v) is 3.74. The van der Waals surface area contributed by atoms with Crippen LogP contribution in [0, 0.1) is 11.8 Å². The highest BCUT2D eigenvalue weighted by atomic mass is 35.5. The Balaban J connectivity index is 0.00000161. The van der Waals surface area contributed by atoms with Crippen molar-refractivity contribution in [3.05, 3.63) is 29.8 Å². The Kier molecular flexibility index (Phi) is 4.34. The third kappa shape index (κ3) is 3.59. The lowest BCUT2D eigenvalue weighted by Crippen LogP contribution is -2.32. The van der Waals surface area contributed by atoms with E-state index in [4.69, 9.17) is 0 Å². The van der Waals surface area contributed by atoms with Crippen molar-refractivity contribution in [2.45, 2.75) is 12.4 Å². The zero-order valence-corrected chi connectivity index (χ0v) is 11.6. The number of ether oxygens (including phenoxy) is 1. The van der Waals surface area contributed by atoms with E-state index in [1.54, 1.807) is 0 Å². The largest absolute Gasteiger partial charge is 0.573 e. The van der Waals surface area contributed by atoms with Gasteiger partial charge >= 0.3 is 6.36 Å². The first-order valence-electron chi connectivity index (χ1n) is 6.31. The van der Waals surface area contributed by atoms with Gasteiger partial charge < -0.3 is 15.4 Å². The first-order chi connectivity index (χ1) is 9.44. The molecule has 2 fully saturated rings. The van der Waals surface area contributed by atoms with Gasteiger partial charge in [0.25, 0.3) is 5.91 Å². The van der Waals surface area contributed by atoms with Gasteiger partial charge in [-0.1, -0.05) is 0 Å². The van der Waals surface area contributed by atoms with Crippen molar-refractivity contribution >= 4 is 18.3 Å². The van der Waals surface area contributed by atoms with Gasteiger partial charge in [0.05, 0.1) is 0 Å². The average Bonchev–Trinajstić information content (AvgIpc) is 2.82. The molecule has 1 amide bonds. The minimum absolute atomic E-state index is 0. The predicted molar refractivity (Wildman–Crippen MR) is 71.5 cm³/mol. The number of hydrogen-bond donors (Lipinski definition) is 2. The zero-order valence-electron chi connectivity index (χ0n) is 10.8. The van der Waals surface area contributed by atoms with Crippen LogP contribution in [0.25, 0.3) is 0 Å². The summed E-state index contributed by atoms with van der Waals surface area (Å²) < 4.78 is 39.8. The molecule has 1 saturated heterocycles. The van der Waals surface area contributed by atoms with E-state index in [2.05, 4.69) is 15.4 Å². The summed E-state index contributed by atoms with van der Waals surface area (Å²) in [5, 5.41) is 6.12. The number of rotatable bonds is 3. The summed E-state index contributed by atoms with van der Waals surface area (Å²) in [6.07, 6.45) is -4.72. The monoisotopic (exact) mass is 322 g/mol. The normalized spacial score (nSPS) is 26.5. The maximum Gasteiger partial charge on any atom is 0.573 e. The van der Waals surface area contributed by atoms with Gasteiger partial charge in [0.15, 0.2) is 0 Å². The van der Waals surface area contributed by atoms with E-state index in [0.29, 0.717) is 17.4 Å². The van der Waals surface area contributed by atoms with Crippen molar-refractivity contribution in [1.82, 2.24) is 10.6 Å². The molecule has 4 nitrogen and oxygen atoms in total. The molecule has 1 aliphatic carbocycles. The van der Waals surface area contributed by atoms with Crippen LogP contribution in [-0.4, -0.2) is 31.4 Å². The molecule has 1 heterocycles. The lowest BCUT2D eigenvalue weighted by Gasteiger charge is -2.10. The van der Waals surface area contributed by atoms with E-state index < -0.39 is 6.36 Å². The first kappa shape index (κ1) is 15.9. The van der Waals surface area contributed by atoms with E-state index in [9.17, 15) is 18.0 Å². The lowest BCUT2D eigenvalue weighted by atomic mass is 10.2. The second kappa shape index (κ2) is 5.73.